The van der Waals surface area contributed by atoms with Crippen molar-refractivity contribution in [2.45, 2.75) is 24.7 Å². The third kappa shape index (κ3) is 4.52. The molecular formula is C21H22ClNO5S. The lowest BCUT2D eigenvalue weighted by Gasteiger charge is -2.30. The number of carbonyl (C=O) groups is 2. The van der Waals surface area contributed by atoms with Crippen molar-refractivity contribution in [3.05, 3.63) is 64.2 Å². The van der Waals surface area contributed by atoms with Crippen LogP contribution in [-0.4, -0.2) is 44.7 Å². The van der Waals surface area contributed by atoms with Gasteiger partial charge in [-0.2, -0.15) is 4.31 Å². The van der Waals surface area contributed by atoms with E-state index in [1.165, 1.54) is 29.6 Å². The Labute approximate surface area is 175 Å². The van der Waals surface area contributed by atoms with Crippen molar-refractivity contribution in [1.82, 2.24) is 4.31 Å². The summed E-state index contributed by atoms with van der Waals surface area (Å²) in [5, 5.41) is 0.0375. The number of carbonyl (C=O) groups excluding carboxylic acids is 2. The number of ketones is 1. The first-order valence-corrected chi connectivity index (χ1v) is 11.0. The molecule has 3 rings (SSSR count). The molecule has 29 heavy (non-hydrogen) atoms. The minimum atomic E-state index is -3.89. The van der Waals surface area contributed by atoms with E-state index in [9.17, 15) is 18.0 Å². The molecule has 1 saturated heterocycles. The summed E-state index contributed by atoms with van der Waals surface area (Å²) >= 11 is 6.11. The number of methoxy groups -OCH3 is 1. The molecule has 0 N–H and O–H groups in total. The van der Waals surface area contributed by atoms with E-state index in [1.807, 2.05) is 19.1 Å². The summed E-state index contributed by atoms with van der Waals surface area (Å²) in [6.07, 6.45) is 0.862. The summed E-state index contributed by atoms with van der Waals surface area (Å²) < 4.78 is 32.1. The summed E-state index contributed by atoms with van der Waals surface area (Å²) in [5.74, 6) is -0.825. The molecule has 1 aliphatic rings. The smallest absolute Gasteiger partial charge is 0.337 e. The lowest BCUT2D eigenvalue weighted by Crippen LogP contribution is -2.40. The van der Waals surface area contributed by atoms with E-state index in [2.05, 4.69) is 4.74 Å². The number of nitrogens with zero attached hydrogens (tertiary/aromatic N) is 1. The highest BCUT2D eigenvalue weighted by Gasteiger charge is 2.33. The Morgan fingerprint density at radius 1 is 1.03 bits per heavy atom. The SMILES string of the molecule is COC(=O)c1ccc(Cl)c(S(=O)(=O)N2CCC(C(=O)c3ccc(C)cc3)CC2)c1. The molecule has 0 aliphatic carbocycles. The molecule has 2 aromatic carbocycles. The topological polar surface area (TPSA) is 80.8 Å². The maximum atomic E-state index is 13.1. The Kier molecular flexibility index (Phi) is 6.41. The Balaban J connectivity index is 1.75. The van der Waals surface area contributed by atoms with Gasteiger partial charge in [0, 0.05) is 24.6 Å². The Morgan fingerprint density at radius 2 is 1.62 bits per heavy atom. The molecule has 154 valence electrons. The molecular weight excluding hydrogens is 414 g/mol. The number of Topliss-reactive ketones (excluding diaryl/α,β-unsaturated/α-hetero) is 1. The monoisotopic (exact) mass is 435 g/mol. The Morgan fingerprint density at radius 3 is 2.21 bits per heavy atom. The second-order valence-electron chi connectivity index (χ2n) is 7.05. The molecule has 6 nitrogen and oxygen atoms in total. The Bertz CT molecular complexity index is 1030. The molecule has 0 amide bonds. The van der Waals surface area contributed by atoms with Gasteiger partial charge in [0.1, 0.15) is 4.90 Å². The highest BCUT2D eigenvalue weighted by atomic mass is 35.5. The molecule has 1 heterocycles. The number of hydrogen-bond acceptors (Lipinski definition) is 5. The number of sulfonamides is 1. The minimum Gasteiger partial charge on any atom is -0.465 e. The predicted molar refractivity (Wildman–Crippen MR) is 110 cm³/mol. The molecule has 0 saturated carbocycles. The Hall–Kier alpha value is -2.22. The van der Waals surface area contributed by atoms with E-state index >= 15 is 0 Å². The first-order chi connectivity index (χ1) is 13.7. The third-order valence-corrected chi connectivity index (χ3v) is 7.51. The standard InChI is InChI=1S/C21H22ClNO5S/c1-14-3-5-15(6-4-14)20(24)16-9-11-23(12-10-16)29(26,27)19-13-17(21(25)28-2)7-8-18(19)22/h3-8,13,16H,9-12H2,1-2H3. The van der Waals surface area contributed by atoms with Crippen LogP contribution in [0.3, 0.4) is 0 Å². The van der Waals surface area contributed by atoms with Crippen LogP contribution in [0.2, 0.25) is 5.02 Å². The summed E-state index contributed by atoms with van der Waals surface area (Å²) in [6, 6.07) is 11.4. The fraction of sp³-hybridized carbons (Fsp3) is 0.333. The highest BCUT2D eigenvalue weighted by Crippen LogP contribution is 2.30. The molecule has 1 aliphatic heterocycles. The van der Waals surface area contributed by atoms with Gasteiger partial charge in [0.25, 0.3) is 0 Å². The molecule has 0 radical (unpaired) electrons. The highest BCUT2D eigenvalue weighted by molar-refractivity contribution is 7.89. The minimum absolute atomic E-state index is 0.0350. The van der Waals surface area contributed by atoms with Crippen LogP contribution in [-0.2, 0) is 14.8 Å². The summed E-state index contributed by atoms with van der Waals surface area (Å²) in [6.45, 7) is 2.38. The van der Waals surface area contributed by atoms with Gasteiger partial charge in [-0.25, -0.2) is 13.2 Å². The molecule has 0 unspecified atom stereocenters. The summed E-state index contributed by atoms with van der Waals surface area (Å²) in [5.41, 5.74) is 1.83. The van der Waals surface area contributed by atoms with Crippen LogP contribution >= 0.6 is 11.6 Å². The lowest BCUT2D eigenvalue weighted by molar-refractivity contribution is 0.0600. The molecule has 0 bridgehead atoms. The predicted octanol–water partition coefficient (Wildman–Crippen LogP) is 3.72. The number of piperidine rings is 1. The number of halogens is 1. The summed E-state index contributed by atoms with van der Waals surface area (Å²) in [4.78, 5) is 24.3. The van der Waals surface area contributed by atoms with E-state index < -0.39 is 16.0 Å². The molecule has 1 fully saturated rings. The zero-order valence-corrected chi connectivity index (χ0v) is 17.8. The van der Waals surface area contributed by atoms with Gasteiger partial charge in [-0.05, 0) is 38.0 Å². The first kappa shape index (κ1) is 21.5. The van der Waals surface area contributed by atoms with Crippen molar-refractivity contribution in [1.29, 1.82) is 0 Å². The van der Waals surface area contributed by atoms with E-state index in [0.717, 1.165) is 5.56 Å². The maximum Gasteiger partial charge on any atom is 0.337 e. The second-order valence-corrected chi connectivity index (χ2v) is 9.36. The van der Waals surface area contributed by atoms with E-state index in [0.29, 0.717) is 18.4 Å². The van der Waals surface area contributed by atoms with Crippen molar-refractivity contribution in [3.8, 4) is 0 Å². The van der Waals surface area contributed by atoms with Crippen LogP contribution in [0.25, 0.3) is 0 Å². The quantitative estimate of drug-likeness (QED) is 0.528. The van der Waals surface area contributed by atoms with Gasteiger partial charge in [-0.1, -0.05) is 41.4 Å². The van der Waals surface area contributed by atoms with Crippen LogP contribution in [0.1, 0.15) is 39.1 Å². The van der Waals surface area contributed by atoms with Crippen LogP contribution < -0.4 is 0 Å². The van der Waals surface area contributed by atoms with E-state index in [1.54, 1.807) is 12.1 Å². The van der Waals surface area contributed by atoms with Gasteiger partial charge >= 0.3 is 5.97 Å². The van der Waals surface area contributed by atoms with Crippen LogP contribution in [0.4, 0.5) is 0 Å². The van der Waals surface area contributed by atoms with E-state index in [-0.39, 0.29) is 40.3 Å². The number of benzene rings is 2. The number of hydrogen-bond donors (Lipinski definition) is 0. The van der Waals surface area contributed by atoms with E-state index in [4.69, 9.17) is 11.6 Å². The molecule has 8 heteroatoms. The molecule has 0 spiro atoms. The average Bonchev–Trinajstić information content (AvgIpc) is 2.73. The summed E-state index contributed by atoms with van der Waals surface area (Å²) in [7, 11) is -2.67. The number of esters is 1. The number of ether oxygens (including phenoxy) is 1. The molecule has 2 aromatic rings. The van der Waals surface area contributed by atoms with Gasteiger partial charge < -0.3 is 4.74 Å². The van der Waals surface area contributed by atoms with Gasteiger partial charge in [0.15, 0.2) is 5.78 Å². The average molecular weight is 436 g/mol. The van der Waals surface area contributed by atoms with Gasteiger partial charge in [-0.15, -0.1) is 0 Å². The van der Waals surface area contributed by atoms with Gasteiger partial charge in [0.2, 0.25) is 10.0 Å². The van der Waals surface area contributed by atoms with Crippen LogP contribution in [0.5, 0.6) is 0 Å². The third-order valence-electron chi connectivity index (χ3n) is 5.13. The lowest BCUT2D eigenvalue weighted by atomic mass is 9.89. The normalized spacial score (nSPS) is 15.8. The second kappa shape index (κ2) is 8.65. The fourth-order valence-electron chi connectivity index (χ4n) is 3.40. The fourth-order valence-corrected chi connectivity index (χ4v) is 5.37. The zero-order valence-electron chi connectivity index (χ0n) is 16.2. The maximum absolute atomic E-state index is 13.1. The molecule has 0 aromatic heterocycles. The number of rotatable bonds is 5. The molecule has 0 atom stereocenters. The van der Waals surface area contributed by atoms with Crippen molar-refractivity contribution in [3.63, 3.8) is 0 Å². The largest absolute Gasteiger partial charge is 0.465 e. The van der Waals surface area contributed by atoms with Gasteiger partial charge in [0.05, 0.1) is 17.7 Å². The number of aryl methyl sites for hydroxylation is 1. The first-order valence-electron chi connectivity index (χ1n) is 9.23. The van der Waals surface area contributed by atoms with Crippen molar-refractivity contribution < 1.29 is 22.7 Å². The van der Waals surface area contributed by atoms with Crippen molar-refractivity contribution >= 4 is 33.4 Å². The van der Waals surface area contributed by atoms with Gasteiger partial charge in [-0.3, -0.25) is 4.79 Å². The van der Waals surface area contributed by atoms with Crippen molar-refractivity contribution in [2.75, 3.05) is 20.2 Å². The zero-order chi connectivity index (χ0) is 21.2. The van der Waals surface area contributed by atoms with Crippen LogP contribution in [0.15, 0.2) is 47.4 Å². The van der Waals surface area contributed by atoms with Crippen LogP contribution in [0, 0.1) is 12.8 Å². The van der Waals surface area contributed by atoms with Crippen molar-refractivity contribution in [2.24, 2.45) is 5.92 Å².